The minimum atomic E-state index is -0.477. The number of esters is 1. The number of rotatable bonds is 5. The number of aromatic nitrogens is 2. The monoisotopic (exact) mass is 325 g/mol. The highest BCUT2D eigenvalue weighted by atomic mass is 32.1. The lowest BCUT2D eigenvalue weighted by Gasteiger charge is -2.03. The number of ether oxygens (including phenoxy) is 2. The molecule has 0 unspecified atom stereocenters. The fraction of sp³-hybridized carbons (Fsp3) is 0.308. The Morgan fingerprint density at radius 1 is 1.38 bits per heavy atom. The van der Waals surface area contributed by atoms with Crippen molar-refractivity contribution in [2.75, 3.05) is 26.5 Å². The SMILES string of the molecule is COC(=O)c1nn(-c2ccc(OC)cc2)c(=NCCS)s1. The first-order valence-corrected chi connectivity index (χ1v) is 7.58. The third-order valence-electron chi connectivity index (χ3n) is 2.58. The molecule has 0 N–H and O–H groups in total. The van der Waals surface area contributed by atoms with Crippen LogP contribution in [-0.4, -0.2) is 42.3 Å². The van der Waals surface area contributed by atoms with Gasteiger partial charge in [-0.15, -0.1) is 5.10 Å². The first-order valence-electron chi connectivity index (χ1n) is 6.14. The van der Waals surface area contributed by atoms with E-state index in [4.69, 9.17) is 9.47 Å². The first-order chi connectivity index (χ1) is 10.2. The Kier molecular flexibility index (Phi) is 5.40. The minimum absolute atomic E-state index is 0.256. The van der Waals surface area contributed by atoms with Gasteiger partial charge in [0.1, 0.15) is 5.75 Å². The van der Waals surface area contributed by atoms with Crippen LogP contribution in [0.3, 0.4) is 0 Å². The van der Waals surface area contributed by atoms with E-state index >= 15 is 0 Å². The number of carbonyl (C=O) groups is 1. The summed E-state index contributed by atoms with van der Waals surface area (Å²) in [4.78, 5) is 16.6. The summed E-state index contributed by atoms with van der Waals surface area (Å²) in [5, 5.41) is 4.52. The van der Waals surface area contributed by atoms with E-state index in [1.165, 1.54) is 18.4 Å². The van der Waals surface area contributed by atoms with E-state index in [0.29, 0.717) is 17.1 Å². The van der Waals surface area contributed by atoms with Gasteiger partial charge < -0.3 is 9.47 Å². The van der Waals surface area contributed by atoms with E-state index in [-0.39, 0.29) is 5.01 Å². The van der Waals surface area contributed by atoms with Gasteiger partial charge in [0.25, 0.3) is 0 Å². The molecular formula is C13H15N3O3S2. The van der Waals surface area contributed by atoms with E-state index < -0.39 is 5.97 Å². The molecule has 6 nitrogen and oxygen atoms in total. The zero-order chi connectivity index (χ0) is 15.2. The highest BCUT2D eigenvalue weighted by Crippen LogP contribution is 2.14. The van der Waals surface area contributed by atoms with Crippen molar-refractivity contribution in [2.24, 2.45) is 4.99 Å². The van der Waals surface area contributed by atoms with E-state index in [0.717, 1.165) is 11.4 Å². The summed E-state index contributed by atoms with van der Waals surface area (Å²) in [5.74, 6) is 0.889. The van der Waals surface area contributed by atoms with Gasteiger partial charge in [0.2, 0.25) is 9.81 Å². The van der Waals surface area contributed by atoms with Crippen molar-refractivity contribution in [1.82, 2.24) is 9.78 Å². The highest BCUT2D eigenvalue weighted by molar-refractivity contribution is 7.80. The number of carbonyl (C=O) groups excluding carboxylic acids is 1. The molecule has 2 aromatic rings. The minimum Gasteiger partial charge on any atom is -0.497 e. The fourth-order valence-electron chi connectivity index (χ4n) is 1.59. The van der Waals surface area contributed by atoms with Crippen molar-refractivity contribution in [3.8, 4) is 11.4 Å². The van der Waals surface area contributed by atoms with Crippen LogP contribution in [0.25, 0.3) is 5.69 Å². The normalized spacial score (nSPS) is 11.5. The zero-order valence-corrected chi connectivity index (χ0v) is 13.4. The number of nitrogens with zero attached hydrogens (tertiary/aromatic N) is 3. The lowest BCUT2D eigenvalue weighted by atomic mass is 10.3. The molecule has 0 fully saturated rings. The Hall–Kier alpha value is -1.80. The molecule has 0 spiro atoms. The van der Waals surface area contributed by atoms with Crippen LogP contribution in [0.4, 0.5) is 0 Å². The Morgan fingerprint density at radius 2 is 2.10 bits per heavy atom. The molecule has 0 amide bonds. The van der Waals surface area contributed by atoms with Gasteiger partial charge >= 0.3 is 5.97 Å². The second-order valence-corrected chi connectivity index (χ2v) is 5.30. The van der Waals surface area contributed by atoms with E-state index in [1.807, 2.05) is 24.3 Å². The summed E-state index contributed by atoms with van der Waals surface area (Å²) in [6.45, 7) is 0.544. The number of methoxy groups -OCH3 is 2. The molecular weight excluding hydrogens is 310 g/mol. The van der Waals surface area contributed by atoms with Crippen LogP contribution in [0.5, 0.6) is 5.75 Å². The predicted molar refractivity (Wildman–Crippen MR) is 83.6 cm³/mol. The average Bonchev–Trinajstić information content (AvgIpc) is 2.96. The second kappa shape index (κ2) is 7.28. The Balaban J connectivity index is 2.48. The summed E-state index contributed by atoms with van der Waals surface area (Å²) in [5.41, 5.74) is 0.792. The van der Waals surface area contributed by atoms with Crippen LogP contribution >= 0.6 is 24.0 Å². The summed E-state index contributed by atoms with van der Waals surface area (Å²) in [7, 11) is 2.93. The fourth-order valence-corrected chi connectivity index (χ4v) is 2.54. The van der Waals surface area contributed by atoms with Crippen LogP contribution < -0.4 is 9.54 Å². The lowest BCUT2D eigenvalue weighted by molar-refractivity contribution is 0.0599. The Labute approximate surface area is 131 Å². The quantitative estimate of drug-likeness (QED) is 0.669. The summed E-state index contributed by atoms with van der Waals surface area (Å²) < 4.78 is 11.4. The summed E-state index contributed by atoms with van der Waals surface area (Å²) >= 11 is 5.32. The maximum Gasteiger partial charge on any atom is 0.369 e. The molecule has 0 atom stereocenters. The molecule has 1 aromatic heterocycles. The maximum absolute atomic E-state index is 11.6. The van der Waals surface area contributed by atoms with E-state index in [2.05, 4.69) is 22.7 Å². The smallest absolute Gasteiger partial charge is 0.369 e. The summed E-state index contributed by atoms with van der Waals surface area (Å²) in [6, 6.07) is 7.34. The van der Waals surface area contributed by atoms with Gasteiger partial charge in [-0.2, -0.15) is 12.6 Å². The molecule has 0 radical (unpaired) electrons. The van der Waals surface area contributed by atoms with Crippen LogP contribution in [0.15, 0.2) is 29.3 Å². The van der Waals surface area contributed by atoms with Gasteiger partial charge in [-0.05, 0) is 24.3 Å². The van der Waals surface area contributed by atoms with Crippen molar-refractivity contribution < 1.29 is 14.3 Å². The molecule has 2 rings (SSSR count). The van der Waals surface area contributed by atoms with Gasteiger partial charge in [0.15, 0.2) is 0 Å². The third-order valence-corrected chi connectivity index (χ3v) is 3.71. The van der Waals surface area contributed by atoms with Crippen LogP contribution in [0.2, 0.25) is 0 Å². The van der Waals surface area contributed by atoms with Crippen molar-refractivity contribution in [3.63, 3.8) is 0 Å². The Morgan fingerprint density at radius 3 is 2.67 bits per heavy atom. The lowest BCUT2D eigenvalue weighted by Crippen LogP contribution is -2.15. The highest BCUT2D eigenvalue weighted by Gasteiger charge is 2.14. The average molecular weight is 325 g/mol. The van der Waals surface area contributed by atoms with Gasteiger partial charge in [-0.3, -0.25) is 4.99 Å². The molecule has 0 bridgehead atoms. The molecule has 0 saturated carbocycles. The van der Waals surface area contributed by atoms with Crippen molar-refractivity contribution in [1.29, 1.82) is 0 Å². The largest absolute Gasteiger partial charge is 0.497 e. The second-order valence-electron chi connectivity index (χ2n) is 3.90. The van der Waals surface area contributed by atoms with Gasteiger partial charge in [-0.25, -0.2) is 9.48 Å². The van der Waals surface area contributed by atoms with Crippen LogP contribution in [0.1, 0.15) is 9.80 Å². The topological polar surface area (TPSA) is 65.7 Å². The van der Waals surface area contributed by atoms with Crippen LogP contribution in [-0.2, 0) is 4.74 Å². The van der Waals surface area contributed by atoms with Crippen LogP contribution in [0, 0.1) is 0 Å². The van der Waals surface area contributed by atoms with E-state index in [1.54, 1.807) is 11.8 Å². The molecule has 0 saturated heterocycles. The van der Waals surface area contributed by atoms with Crippen molar-refractivity contribution in [2.45, 2.75) is 0 Å². The predicted octanol–water partition coefficient (Wildman–Crippen LogP) is 1.56. The molecule has 21 heavy (non-hydrogen) atoms. The number of hydrogen-bond donors (Lipinski definition) is 1. The van der Waals surface area contributed by atoms with E-state index in [9.17, 15) is 4.79 Å². The first kappa shape index (κ1) is 15.6. The number of hydrogen-bond acceptors (Lipinski definition) is 7. The van der Waals surface area contributed by atoms with Crippen molar-refractivity contribution in [3.05, 3.63) is 34.1 Å². The molecule has 1 heterocycles. The van der Waals surface area contributed by atoms with Gasteiger partial charge in [0.05, 0.1) is 26.5 Å². The number of thiol groups is 1. The maximum atomic E-state index is 11.6. The third kappa shape index (κ3) is 3.64. The van der Waals surface area contributed by atoms with Crippen molar-refractivity contribution >= 4 is 29.9 Å². The molecule has 1 aromatic carbocycles. The molecule has 0 aliphatic rings. The Bertz CT molecular complexity index is 677. The standard InChI is InChI=1S/C13H15N3O3S2/c1-18-10-5-3-9(4-6-10)16-13(14-7-8-20)21-11(15-16)12(17)19-2/h3-6,20H,7-8H2,1-2H3. The zero-order valence-electron chi connectivity index (χ0n) is 11.6. The van der Waals surface area contributed by atoms with Gasteiger partial charge in [-0.1, -0.05) is 11.3 Å². The number of benzene rings is 1. The molecule has 112 valence electrons. The molecule has 8 heteroatoms. The summed E-state index contributed by atoms with van der Waals surface area (Å²) in [6.07, 6.45) is 0. The molecule has 0 aliphatic carbocycles. The molecule has 0 aliphatic heterocycles. The van der Waals surface area contributed by atoms with Gasteiger partial charge in [0, 0.05) is 5.75 Å².